The molecule has 112 valence electrons. The summed E-state index contributed by atoms with van der Waals surface area (Å²) < 4.78 is 31.6. The van der Waals surface area contributed by atoms with Crippen molar-refractivity contribution >= 4 is 16.0 Å². The average molecular weight is 301 g/mol. The molecule has 0 saturated heterocycles. The van der Waals surface area contributed by atoms with E-state index >= 15 is 0 Å². The van der Waals surface area contributed by atoms with Crippen molar-refractivity contribution in [2.24, 2.45) is 5.41 Å². The van der Waals surface area contributed by atoms with E-state index in [0.29, 0.717) is 5.75 Å². The Morgan fingerprint density at radius 1 is 1.35 bits per heavy atom. The molecule has 0 aliphatic heterocycles. The number of rotatable bonds is 5. The number of ether oxygens (including phenoxy) is 1. The average Bonchev–Trinajstić information content (AvgIpc) is 2.34. The number of hydrogen-bond acceptors (Lipinski definition) is 4. The van der Waals surface area contributed by atoms with Crippen molar-refractivity contribution in [3.8, 4) is 5.75 Å². The first kappa shape index (κ1) is 16.5. The molecule has 1 aromatic rings. The highest BCUT2D eigenvalue weighted by Gasteiger charge is 2.35. The van der Waals surface area contributed by atoms with Crippen LogP contribution >= 0.6 is 0 Å². The molecule has 0 amide bonds. The van der Waals surface area contributed by atoms with Gasteiger partial charge in [0.25, 0.3) is 0 Å². The SMILES string of the molecule is COc1cccc(S(=O)(=O)N[C@H](C(=O)O)C(C)(C)C)c1. The topological polar surface area (TPSA) is 92.7 Å². The first-order valence-electron chi connectivity index (χ1n) is 5.97. The smallest absolute Gasteiger partial charge is 0.322 e. The summed E-state index contributed by atoms with van der Waals surface area (Å²) in [6, 6.07) is 4.63. The number of benzene rings is 1. The molecular formula is C13H19NO5S. The fourth-order valence-corrected chi connectivity index (χ4v) is 3.02. The van der Waals surface area contributed by atoms with Crippen LogP contribution in [0.5, 0.6) is 5.75 Å². The minimum atomic E-state index is -3.93. The number of nitrogens with one attached hydrogen (secondary N) is 1. The summed E-state index contributed by atoms with van der Waals surface area (Å²) >= 11 is 0. The van der Waals surface area contributed by atoms with Gasteiger partial charge in [0.2, 0.25) is 10.0 Å². The summed E-state index contributed by atoms with van der Waals surface area (Å²) in [6.07, 6.45) is 0. The quantitative estimate of drug-likeness (QED) is 0.859. The zero-order chi connectivity index (χ0) is 15.6. The number of aliphatic carboxylic acids is 1. The summed E-state index contributed by atoms with van der Waals surface area (Å²) in [5.74, 6) is -0.834. The molecule has 0 unspecified atom stereocenters. The number of sulfonamides is 1. The van der Waals surface area contributed by atoms with E-state index in [1.165, 1.54) is 25.3 Å². The molecule has 0 aromatic heterocycles. The molecule has 0 radical (unpaired) electrons. The second kappa shape index (κ2) is 5.80. The highest BCUT2D eigenvalue weighted by molar-refractivity contribution is 7.89. The fraction of sp³-hybridized carbons (Fsp3) is 0.462. The Labute approximate surface area is 118 Å². The molecule has 7 heteroatoms. The molecule has 1 atom stereocenters. The van der Waals surface area contributed by atoms with Gasteiger partial charge in [-0.25, -0.2) is 8.42 Å². The number of carboxylic acids is 1. The van der Waals surface area contributed by atoms with Gasteiger partial charge >= 0.3 is 5.97 Å². The Kier molecular flexibility index (Phi) is 4.77. The molecule has 1 aromatic carbocycles. The molecule has 0 fully saturated rings. The Morgan fingerprint density at radius 3 is 2.40 bits per heavy atom. The van der Waals surface area contributed by atoms with E-state index in [1.54, 1.807) is 26.8 Å². The largest absolute Gasteiger partial charge is 0.497 e. The first-order chi connectivity index (χ1) is 9.08. The summed E-state index contributed by atoms with van der Waals surface area (Å²) in [4.78, 5) is 11.2. The Bertz CT molecular complexity index is 589. The summed E-state index contributed by atoms with van der Waals surface area (Å²) in [5.41, 5.74) is -0.752. The van der Waals surface area contributed by atoms with Crippen molar-refractivity contribution in [1.29, 1.82) is 0 Å². The van der Waals surface area contributed by atoms with E-state index in [2.05, 4.69) is 4.72 Å². The Morgan fingerprint density at radius 2 is 1.95 bits per heavy atom. The van der Waals surface area contributed by atoms with Crippen LogP contribution in [-0.2, 0) is 14.8 Å². The van der Waals surface area contributed by atoms with Crippen molar-refractivity contribution in [2.45, 2.75) is 31.7 Å². The number of carboxylic acid groups (broad SMARTS) is 1. The van der Waals surface area contributed by atoms with E-state index in [9.17, 15) is 13.2 Å². The lowest BCUT2D eigenvalue weighted by Gasteiger charge is -2.27. The molecule has 6 nitrogen and oxygen atoms in total. The maximum Gasteiger partial charge on any atom is 0.322 e. The molecule has 1 rings (SSSR count). The van der Waals surface area contributed by atoms with Gasteiger partial charge in [0.05, 0.1) is 12.0 Å². The molecule has 0 spiro atoms. The third kappa shape index (κ3) is 3.94. The van der Waals surface area contributed by atoms with Crippen molar-refractivity contribution in [2.75, 3.05) is 7.11 Å². The van der Waals surface area contributed by atoms with Gasteiger partial charge in [-0.3, -0.25) is 4.79 Å². The molecule has 0 aliphatic carbocycles. The monoisotopic (exact) mass is 301 g/mol. The minimum Gasteiger partial charge on any atom is -0.497 e. The van der Waals surface area contributed by atoms with E-state index < -0.39 is 27.4 Å². The Balaban J connectivity index is 3.13. The van der Waals surface area contributed by atoms with Crippen LogP contribution in [0.2, 0.25) is 0 Å². The predicted octanol–water partition coefficient (Wildman–Crippen LogP) is 1.47. The van der Waals surface area contributed by atoms with Gasteiger partial charge in [0, 0.05) is 6.07 Å². The van der Waals surface area contributed by atoms with Gasteiger partial charge in [-0.1, -0.05) is 26.8 Å². The molecular weight excluding hydrogens is 282 g/mol. The summed E-state index contributed by atoms with van der Waals surface area (Å²) in [5, 5.41) is 9.17. The van der Waals surface area contributed by atoms with E-state index in [-0.39, 0.29) is 4.90 Å². The van der Waals surface area contributed by atoms with Crippen LogP contribution in [-0.4, -0.2) is 32.6 Å². The maximum absolute atomic E-state index is 12.2. The van der Waals surface area contributed by atoms with E-state index in [4.69, 9.17) is 9.84 Å². The molecule has 2 N–H and O–H groups in total. The number of carbonyl (C=O) groups is 1. The van der Waals surface area contributed by atoms with Crippen molar-refractivity contribution in [1.82, 2.24) is 4.72 Å². The molecule has 0 heterocycles. The van der Waals surface area contributed by atoms with E-state index in [0.717, 1.165) is 0 Å². The number of methoxy groups -OCH3 is 1. The summed E-state index contributed by atoms with van der Waals surface area (Å²) in [7, 11) is -2.51. The van der Waals surface area contributed by atoms with Crippen LogP contribution in [0.4, 0.5) is 0 Å². The normalized spacial score (nSPS) is 13.8. The fourth-order valence-electron chi connectivity index (χ4n) is 1.59. The van der Waals surface area contributed by atoms with Crippen molar-refractivity contribution in [3.63, 3.8) is 0 Å². The van der Waals surface area contributed by atoms with Gasteiger partial charge in [-0.2, -0.15) is 4.72 Å². The second-order valence-corrected chi connectivity index (χ2v) is 7.15. The third-order valence-corrected chi connectivity index (χ3v) is 4.16. The molecule has 0 saturated carbocycles. The molecule has 0 aliphatic rings. The van der Waals surface area contributed by atoms with Crippen molar-refractivity contribution < 1.29 is 23.1 Å². The lowest BCUT2D eigenvalue weighted by atomic mass is 9.88. The minimum absolute atomic E-state index is 0.0349. The lowest BCUT2D eigenvalue weighted by molar-refractivity contribution is -0.141. The van der Waals surface area contributed by atoms with Gasteiger partial charge in [0.15, 0.2) is 0 Å². The van der Waals surface area contributed by atoms with Crippen LogP contribution in [0.3, 0.4) is 0 Å². The third-order valence-electron chi connectivity index (χ3n) is 2.74. The molecule has 20 heavy (non-hydrogen) atoms. The van der Waals surface area contributed by atoms with Crippen LogP contribution in [0.1, 0.15) is 20.8 Å². The number of hydrogen-bond donors (Lipinski definition) is 2. The van der Waals surface area contributed by atoms with Crippen LogP contribution in [0, 0.1) is 5.41 Å². The standard InChI is InChI=1S/C13H19NO5S/c1-13(2,3)11(12(15)16)14-20(17,18)10-7-5-6-9(8-10)19-4/h5-8,11,14H,1-4H3,(H,15,16)/t11-/m1/s1. The van der Waals surface area contributed by atoms with Gasteiger partial charge in [0.1, 0.15) is 11.8 Å². The van der Waals surface area contributed by atoms with Crippen LogP contribution < -0.4 is 9.46 Å². The van der Waals surface area contributed by atoms with E-state index in [1.807, 2.05) is 0 Å². The molecule has 0 bridgehead atoms. The maximum atomic E-state index is 12.2. The van der Waals surface area contributed by atoms with Crippen molar-refractivity contribution in [3.05, 3.63) is 24.3 Å². The Hall–Kier alpha value is -1.60. The lowest BCUT2D eigenvalue weighted by Crippen LogP contribution is -2.48. The highest BCUT2D eigenvalue weighted by atomic mass is 32.2. The second-order valence-electron chi connectivity index (χ2n) is 5.44. The zero-order valence-corrected chi connectivity index (χ0v) is 12.7. The summed E-state index contributed by atoms with van der Waals surface area (Å²) in [6.45, 7) is 4.96. The zero-order valence-electron chi connectivity index (χ0n) is 11.9. The predicted molar refractivity (Wildman–Crippen MR) is 74.2 cm³/mol. The van der Waals surface area contributed by atoms with Crippen LogP contribution in [0.15, 0.2) is 29.2 Å². The first-order valence-corrected chi connectivity index (χ1v) is 7.45. The van der Waals surface area contributed by atoms with Gasteiger partial charge in [-0.05, 0) is 17.5 Å². The van der Waals surface area contributed by atoms with Crippen LogP contribution in [0.25, 0.3) is 0 Å². The highest BCUT2D eigenvalue weighted by Crippen LogP contribution is 2.23. The van der Waals surface area contributed by atoms with Gasteiger partial charge < -0.3 is 9.84 Å². The van der Waals surface area contributed by atoms with Gasteiger partial charge in [-0.15, -0.1) is 0 Å².